The first-order valence-corrected chi connectivity index (χ1v) is 5.08. The lowest BCUT2D eigenvalue weighted by Crippen LogP contribution is -2.19. The molecule has 0 saturated heterocycles. The topological polar surface area (TPSA) is 82.3 Å². The zero-order valence-corrected chi connectivity index (χ0v) is 8.26. The average molecular weight is 223 g/mol. The van der Waals surface area contributed by atoms with Gasteiger partial charge in [0.05, 0.1) is 6.20 Å². The second-order valence-corrected chi connectivity index (χ2v) is 3.87. The zero-order valence-electron chi connectivity index (χ0n) is 6.69. The minimum absolute atomic E-state index is 0.0457. The molecule has 7 heteroatoms. The zero-order chi connectivity index (χ0) is 10.1. The van der Waals surface area contributed by atoms with Gasteiger partial charge in [-0.15, -0.1) is 0 Å². The lowest BCUT2D eigenvalue weighted by molar-refractivity contribution is 0.486. The van der Waals surface area contributed by atoms with E-state index in [0.29, 0.717) is 10.7 Å². The molecule has 13 heavy (non-hydrogen) atoms. The first-order valence-electron chi connectivity index (χ1n) is 3.23. The van der Waals surface area contributed by atoms with Crippen molar-refractivity contribution in [2.24, 2.45) is 5.14 Å². The number of halogens is 1. The summed E-state index contributed by atoms with van der Waals surface area (Å²) in [7, 11) is -3.99. The number of aromatic nitrogens is 1. The molecule has 1 rings (SSSR count). The highest BCUT2D eigenvalue weighted by Gasteiger charge is 2.06. The lowest BCUT2D eigenvalue weighted by Gasteiger charge is -2.02. The number of nitrogens with two attached hydrogens (primary N) is 1. The van der Waals surface area contributed by atoms with Crippen LogP contribution in [0, 0.1) is 6.92 Å². The van der Waals surface area contributed by atoms with Crippen molar-refractivity contribution in [1.29, 1.82) is 0 Å². The Morgan fingerprint density at radius 2 is 2.23 bits per heavy atom. The number of hydrogen-bond acceptors (Lipinski definition) is 4. The van der Waals surface area contributed by atoms with Crippen molar-refractivity contribution in [2.45, 2.75) is 6.92 Å². The molecule has 1 aromatic heterocycles. The third kappa shape index (κ3) is 3.17. The monoisotopic (exact) mass is 222 g/mol. The Balaban J connectivity index is 2.99. The molecular weight excluding hydrogens is 216 g/mol. The maximum absolute atomic E-state index is 10.5. The van der Waals surface area contributed by atoms with Gasteiger partial charge in [0.25, 0.3) is 0 Å². The number of aryl methyl sites for hydroxylation is 1. The van der Waals surface area contributed by atoms with Gasteiger partial charge in [-0.3, -0.25) is 0 Å². The van der Waals surface area contributed by atoms with Crippen molar-refractivity contribution >= 4 is 21.9 Å². The molecular formula is C6H7ClN2O3S. The van der Waals surface area contributed by atoms with Crippen LogP contribution in [0.25, 0.3) is 0 Å². The molecule has 0 aliphatic rings. The highest BCUT2D eigenvalue weighted by Crippen LogP contribution is 2.18. The molecule has 0 fully saturated rings. The van der Waals surface area contributed by atoms with Crippen molar-refractivity contribution in [3.63, 3.8) is 0 Å². The Kier molecular flexibility index (Phi) is 2.74. The fourth-order valence-electron chi connectivity index (χ4n) is 0.712. The minimum atomic E-state index is -3.99. The van der Waals surface area contributed by atoms with Crippen molar-refractivity contribution < 1.29 is 12.6 Å². The van der Waals surface area contributed by atoms with Crippen LogP contribution in [-0.2, 0) is 10.3 Å². The van der Waals surface area contributed by atoms with E-state index in [4.69, 9.17) is 11.6 Å². The Morgan fingerprint density at radius 1 is 1.62 bits per heavy atom. The number of rotatable bonds is 2. The summed E-state index contributed by atoms with van der Waals surface area (Å²) in [5.41, 5.74) is 0.614. The van der Waals surface area contributed by atoms with E-state index in [2.05, 4.69) is 14.3 Å². The molecule has 0 aromatic carbocycles. The quantitative estimate of drug-likeness (QED) is 0.744. The minimum Gasteiger partial charge on any atom is -0.369 e. The van der Waals surface area contributed by atoms with Crippen molar-refractivity contribution in [3.05, 3.63) is 23.0 Å². The number of nitrogens with zero attached hydrogens (tertiary/aromatic N) is 1. The Labute approximate surface area is 80.7 Å². The van der Waals surface area contributed by atoms with E-state index in [9.17, 15) is 8.42 Å². The summed E-state index contributed by atoms with van der Waals surface area (Å²) in [5.74, 6) is 0.0457. The first kappa shape index (κ1) is 10.2. The summed E-state index contributed by atoms with van der Waals surface area (Å²) in [6.45, 7) is 1.67. The van der Waals surface area contributed by atoms with E-state index < -0.39 is 10.3 Å². The van der Waals surface area contributed by atoms with Gasteiger partial charge in [0.2, 0.25) is 0 Å². The molecule has 1 heterocycles. The highest BCUT2D eigenvalue weighted by molar-refractivity contribution is 7.84. The van der Waals surface area contributed by atoms with E-state index in [1.54, 1.807) is 6.92 Å². The van der Waals surface area contributed by atoms with E-state index >= 15 is 0 Å². The van der Waals surface area contributed by atoms with Crippen LogP contribution in [0.4, 0.5) is 0 Å². The van der Waals surface area contributed by atoms with Crippen LogP contribution in [0.2, 0.25) is 5.15 Å². The van der Waals surface area contributed by atoms with Gasteiger partial charge in [-0.2, -0.15) is 13.6 Å². The molecule has 0 spiro atoms. The number of hydrogen-bond donors (Lipinski definition) is 1. The second kappa shape index (κ2) is 3.49. The maximum Gasteiger partial charge on any atom is 0.380 e. The molecule has 0 bridgehead atoms. The second-order valence-electron chi connectivity index (χ2n) is 2.35. The standard InChI is InChI=1S/C6H7ClN2O3S/c1-4-2-5(3-9-6(4)7)12-13(8,10)11/h2-3H,1H3,(H2,8,10,11). The molecule has 0 amide bonds. The van der Waals surface area contributed by atoms with Crippen LogP contribution in [0.5, 0.6) is 5.75 Å². The largest absolute Gasteiger partial charge is 0.380 e. The van der Waals surface area contributed by atoms with Crippen LogP contribution >= 0.6 is 11.6 Å². The van der Waals surface area contributed by atoms with Gasteiger partial charge < -0.3 is 4.18 Å². The molecule has 0 saturated carbocycles. The third-order valence-corrected chi connectivity index (χ3v) is 2.02. The molecule has 5 nitrogen and oxygen atoms in total. The molecule has 0 aliphatic heterocycles. The van der Waals surface area contributed by atoms with Gasteiger partial charge >= 0.3 is 10.3 Å². The summed E-state index contributed by atoms with van der Waals surface area (Å²) in [5, 5.41) is 4.94. The molecule has 0 unspecified atom stereocenters. The molecule has 72 valence electrons. The molecule has 2 N–H and O–H groups in total. The Bertz CT molecular complexity index is 418. The van der Waals surface area contributed by atoms with Crippen LogP contribution < -0.4 is 9.32 Å². The van der Waals surface area contributed by atoms with Crippen LogP contribution in [0.3, 0.4) is 0 Å². The Hall–Kier alpha value is -0.850. The van der Waals surface area contributed by atoms with Crippen LogP contribution in [-0.4, -0.2) is 13.4 Å². The van der Waals surface area contributed by atoms with Crippen molar-refractivity contribution in [3.8, 4) is 5.75 Å². The molecule has 0 radical (unpaired) electrons. The van der Waals surface area contributed by atoms with Crippen LogP contribution in [0.15, 0.2) is 12.3 Å². The van der Waals surface area contributed by atoms with Crippen LogP contribution in [0.1, 0.15) is 5.56 Å². The predicted octanol–water partition coefficient (Wildman–Crippen LogP) is 0.626. The van der Waals surface area contributed by atoms with E-state index in [0.717, 1.165) is 0 Å². The summed E-state index contributed by atoms with van der Waals surface area (Å²) in [6.07, 6.45) is 1.18. The van der Waals surface area contributed by atoms with Gasteiger partial charge in [-0.05, 0) is 18.6 Å². The normalized spacial score (nSPS) is 11.3. The highest BCUT2D eigenvalue weighted by atomic mass is 35.5. The summed E-state index contributed by atoms with van der Waals surface area (Å²) < 4.78 is 25.3. The molecule has 1 aromatic rings. The van der Waals surface area contributed by atoms with Gasteiger partial charge in [0.15, 0.2) is 5.75 Å². The average Bonchev–Trinajstić information content (AvgIpc) is 1.94. The van der Waals surface area contributed by atoms with Crippen molar-refractivity contribution in [2.75, 3.05) is 0 Å². The van der Waals surface area contributed by atoms with Gasteiger partial charge in [0, 0.05) is 0 Å². The number of pyridine rings is 1. The Morgan fingerprint density at radius 3 is 2.69 bits per heavy atom. The van der Waals surface area contributed by atoms with Crippen molar-refractivity contribution in [1.82, 2.24) is 4.98 Å². The van der Waals surface area contributed by atoms with E-state index in [1.807, 2.05) is 0 Å². The summed E-state index contributed by atoms with van der Waals surface area (Å²) >= 11 is 5.60. The fourth-order valence-corrected chi connectivity index (χ4v) is 1.17. The smallest absolute Gasteiger partial charge is 0.369 e. The van der Waals surface area contributed by atoms with Gasteiger partial charge in [-0.1, -0.05) is 11.6 Å². The van der Waals surface area contributed by atoms with E-state index in [-0.39, 0.29) is 5.75 Å². The summed E-state index contributed by atoms with van der Waals surface area (Å²) in [4.78, 5) is 3.68. The first-order chi connectivity index (χ1) is 5.88. The SMILES string of the molecule is Cc1cc(OS(N)(=O)=O)cnc1Cl. The molecule has 0 atom stereocenters. The predicted molar refractivity (Wildman–Crippen MR) is 47.7 cm³/mol. The fraction of sp³-hybridized carbons (Fsp3) is 0.167. The molecule has 0 aliphatic carbocycles. The third-order valence-electron chi connectivity index (χ3n) is 1.20. The maximum atomic E-state index is 10.5. The van der Waals surface area contributed by atoms with Gasteiger partial charge in [-0.25, -0.2) is 4.98 Å². The van der Waals surface area contributed by atoms with Gasteiger partial charge in [0.1, 0.15) is 5.15 Å². The summed E-state index contributed by atoms with van der Waals surface area (Å²) in [6, 6.07) is 1.43. The lowest BCUT2D eigenvalue weighted by atomic mass is 10.3. The van der Waals surface area contributed by atoms with E-state index in [1.165, 1.54) is 12.3 Å².